The van der Waals surface area contributed by atoms with Crippen molar-refractivity contribution in [2.45, 2.75) is 0 Å². The normalized spacial score (nSPS) is 11.2. The molecule has 0 aliphatic rings. The van der Waals surface area contributed by atoms with Crippen molar-refractivity contribution in [1.29, 1.82) is 0 Å². The van der Waals surface area contributed by atoms with Crippen LogP contribution < -0.4 is 0 Å². The lowest BCUT2D eigenvalue weighted by molar-refractivity contribution is 1.08. The van der Waals surface area contributed by atoms with Gasteiger partial charge in [0, 0.05) is 16.7 Å². The molecule has 3 nitrogen and oxygen atoms in total. The SMILES string of the molecule is c1ccc(-c2cc(-c3ccccc3)c3cc(-c4nc(-c5ccccc5)nc(-c5cccc6ccccc56)n4)ccc3c2)cc1. The van der Waals surface area contributed by atoms with Gasteiger partial charge in [-0.3, -0.25) is 0 Å². The molecule has 0 bridgehead atoms. The van der Waals surface area contributed by atoms with Crippen molar-refractivity contribution in [2.75, 3.05) is 0 Å². The van der Waals surface area contributed by atoms with Crippen molar-refractivity contribution in [3.8, 4) is 56.4 Å². The number of rotatable bonds is 5. The van der Waals surface area contributed by atoms with Crippen molar-refractivity contribution in [2.24, 2.45) is 0 Å². The van der Waals surface area contributed by atoms with E-state index < -0.39 is 0 Å². The first kappa shape index (κ1) is 25.8. The first-order chi connectivity index (χ1) is 21.8. The van der Waals surface area contributed by atoms with Crippen LogP contribution in [0.3, 0.4) is 0 Å². The lowest BCUT2D eigenvalue weighted by atomic mass is 9.92. The number of hydrogen-bond donors (Lipinski definition) is 0. The van der Waals surface area contributed by atoms with E-state index in [-0.39, 0.29) is 0 Å². The molecule has 0 saturated heterocycles. The van der Waals surface area contributed by atoms with Gasteiger partial charge in [0.25, 0.3) is 0 Å². The summed E-state index contributed by atoms with van der Waals surface area (Å²) >= 11 is 0. The minimum atomic E-state index is 0.648. The topological polar surface area (TPSA) is 38.7 Å². The Morgan fingerprint density at radius 1 is 0.273 bits per heavy atom. The van der Waals surface area contributed by atoms with Gasteiger partial charge in [-0.25, -0.2) is 15.0 Å². The van der Waals surface area contributed by atoms with Gasteiger partial charge >= 0.3 is 0 Å². The molecule has 3 heteroatoms. The van der Waals surface area contributed by atoms with Gasteiger partial charge < -0.3 is 0 Å². The number of nitrogens with zero attached hydrogens (tertiary/aromatic N) is 3. The average molecular weight is 562 g/mol. The summed E-state index contributed by atoms with van der Waals surface area (Å²) in [6.45, 7) is 0. The second-order valence-electron chi connectivity index (χ2n) is 10.9. The van der Waals surface area contributed by atoms with Gasteiger partial charge in [0.15, 0.2) is 17.5 Å². The summed E-state index contributed by atoms with van der Waals surface area (Å²) in [4.78, 5) is 15.1. The first-order valence-corrected chi connectivity index (χ1v) is 14.8. The number of benzene rings is 7. The standard InChI is InChI=1S/C41H27N3/c1-4-13-28(14-5-1)34-25-32-23-24-33(26-38(32)37(27-34)30-15-6-2-7-16-30)40-42-39(31-18-8-3-9-19-31)43-41(44-40)36-22-12-20-29-17-10-11-21-35(29)36/h1-27H. The van der Waals surface area contributed by atoms with E-state index >= 15 is 0 Å². The van der Waals surface area contributed by atoms with Crippen LogP contribution in [0.1, 0.15) is 0 Å². The zero-order valence-electron chi connectivity index (χ0n) is 23.9. The van der Waals surface area contributed by atoms with Crippen LogP contribution in [0.2, 0.25) is 0 Å². The Morgan fingerprint density at radius 3 is 1.61 bits per heavy atom. The summed E-state index contributed by atoms with van der Waals surface area (Å²) in [5.41, 5.74) is 7.62. The number of aromatic nitrogens is 3. The summed E-state index contributed by atoms with van der Waals surface area (Å²) in [5.74, 6) is 1.96. The van der Waals surface area contributed by atoms with Gasteiger partial charge in [0.05, 0.1) is 0 Å². The molecule has 7 aromatic carbocycles. The summed E-state index contributed by atoms with van der Waals surface area (Å²) < 4.78 is 0. The molecular formula is C41H27N3. The van der Waals surface area contributed by atoms with E-state index in [1.165, 1.54) is 27.6 Å². The van der Waals surface area contributed by atoms with Gasteiger partial charge in [-0.05, 0) is 62.0 Å². The average Bonchev–Trinajstić information content (AvgIpc) is 3.11. The van der Waals surface area contributed by atoms with E-state index in [1.54, 1.807) is 0 Å². The molecule has 0 unspecified atom stereocenters. The number of hydrogen-bond acceptors (Lipinski definition) is 3. The predicted octanol–water partition coefficient (Wildman–Crippen LogP) is 10.5. The minimum absolute atomic E-state index is 0.648. The van der Waals surface area contributed by atoms with Crippen LogP contribution in [-0.4, -0.2) is 15.0 Å². The van der Waals surface area contributed by atoms with Gasteiger partial charge in [0.2, 0.25) is 0 Å². The molecule has 1 aromatic heterocycles. The van der Waals surface area contributed by atoms with Crippen molar-refractivity contribution in [3.05, 3.63) is 164 Å². The maximum Gasteiger partial charge on any atom is 0.164 e. The van der Waals surface area contributed by atoms with Crippen LogP contribution in [0.5, 0.6) is 0 Å². The third kappa shape index (κ3) is 4.81. The zero-order chi connectivity index (χ0) is 29.3. The lowest BCUT2D eigenvalue weighted by Crippen LogP contribution is -2.00. The molecule has 8 aromatic rings. The van der Waals surface area contributed by atoms with E-state index in [9.17, 15) is 0 Å². The molecule has 0 atom stereocenters. The van der Waals surface area contributed by atoms with Gasteiger partial charge in [-0.2, -0.15) is 0 Å². The fraction of sp³-hybridized carbons (Fsp3) is 0. The molecule has 44 heavy (non-hydrogen) atoms. The quantitative estimate of drug-likeness (QED) is 0.210. The highest BCUT2D eigenvalue weighted by Crippen LogP contribution is 2.37. The molecule has 0 spiro atoms. The highest BCUT2D eigenvalue weighted by molar-refractivity contribution is 6.02. The van der Waals surface area contributed by atoms with E-state index in [4.69, 9.17) is 15.0 Å². The maximum atomic E-state index is 5.10. The second kappa shape index (κ2) is 11.0. The summed E-state index contributed by atoms with van der Waals surface area (Å²) in [6, 6.07) is 57.0. The zero-order valence-corrected chi connectivity index (χ0v) is 23.9. The number of fused-ring (bicyclic) bond motifs is 2. The largest absolute Gasteiger partial charge is 0.208 e. The van der Waals surface area contributed by atoms with Crippen LogP contribution in [0.15, 0.2) is 164 Å². The first-order valence-electron chi connectivity index (χ1n) is 14.8. The van der Waals surface area contributed by atoms with Crippen LogP contribution in [0.25, 0.3) is 78.0 Å². The Hall–Kier alpha value is -5.93. The Balaban J connectivity index is 1.36. The Morgan fingerprint density at radius 2 is 0.864 bits per heavy atom. The smallest absolute Gasteiger partial charge is 0.164 e. The third-order valence-electron chi connectivity index (χ3n) is 8.10. The second-order valence-corrected chi connectivity index (χ2v) is 10.9. The Kier molecular flexibility index (Phi) is 6.47. The molecule has 0 N–H and O–H groups in total. The molecule has 0 amide bonds. The molecule has 8 rings (SSSR count). The van der Waals surface area contributed by atoms with Crippen molar-refractivity contribution < 1.29 is 0 Å². The molecule has 0 saturated carbocycles. The fourth-order valence-electron chi connectivity index (χ4n) is 5.91. The molecule has 0 radical (unpaired) electrons. The van der Waals surface area contributed by atoms with Crippen LogP contribution >= 0.6 is 0 Å². The van der Waals surface area contributed by atoms with Crippen molar-refractivity contribution in [1.82, 2.24) is 15.0 Å². The van der Waals surface area contributed by atoms with Gasteiger partial charge in [0.1, 0.15) is 0 Å². The van der Waals surface area contributed by atoms with E-state index in [1.807, 2.05) is 30.3 Å². The molecular weight excluding hydrogens is 534 g/mol. The molecule has 206 valence electrons. The summed E-state index contributed by atoms with van der Waals surface area (Å²) in [5, 5.41) is 4.59. The highest BCUT2D eigenvalue weighted by Gasteiger charge is 2.16. The maximum absolute atomic E-state index is 5.10. The molecule has 0 aliphatic heterocycles. The van der Waals surface area contributed by atoms with Gasteiger partial charge in [-0.15, -0.1) is 0 Å². The predicted molar refractivity (Wildman–Crippen MR) is 182 cm³/mol. The molecule has 0 fully saturated rings. The Bertz CT molecular complexity index is 2260. The summed E-state index contributed by atoms with van der Waals surface area (Å²) in [6.07, 6.45) is 0. The lowest BCUT2D eigenvalue weighted by Gasteiger charge is -2.14. The van der Waals surface area contributed by atoms with E-state index in [2.05, 4.69) is 133 Å². The van der Waals surface area contributed by atoms with Crippen molar-refractivity contribution >= 4 is 21.5 Å². The van der Waals surface area contributed by atoms with E-state index in [0.29, 0.717) is 17.5 Å². The monoisotopic (exact) mass is 561 g/mol. The highest BCUT2D eigenvalue weighted by atomic mass is 15.0. The van der Waals surface area contributed by atoms with E-state index in [0.717, 1.165) is 32.8 Å². The third-order valence-corrected chi connectivity index (χ3v) is 8.10. The minimum Gasteiger partial charge on any atom is -0.208 e. The van der Waals surface area contributed by atoms with Crippen LogP contribution in [0, 0.1) is 0 Å². The van der Waals surface area contributed by atoms with Gasteiger partial charge in [-0.1, -0.05) is 146 Å². The molecule has 1 heterocycles. The Labute approximate surface area is 256 Å². The fourth-order valence-corrected chi connectivity index (χ4v) is 5.91. The van der Waals surface area contributed by atoms with Crippen molar-refractivity contribution in [3.63, 3.8) is 0 Å². The molecule has 0 aliphatic carbocycles. The summed E-state index contributed by atoms with van der Waals surface area (Å²) in [7, 11) is 0. The van der Waals surface area contributed by atoms with Crippen LogP contribution in [-0.2, 0) is 0 Å². The van der Waals surface area contributed by atoms with Crippen LogP contribution in [0.4, 0.5) is 0 Å².